The van der Waals surface area contributed by atoms with E-state index in [2.05, 4.69) is 15.6 Å². The van der Waals surface area contributed by atoms with Crippen molar-refractivity contribution in [2.45, 2.75) is 57.2 Å². The van der Waals surface area contributed by atoms with Crippen molar-refractivity contribution in [3.63, 3.8) is 0 Å². The summed E-state index contributed by atoms with van der Waals surface area (Å²) in [4.78, 5) is 16.9. The van der Waals surface area contributed by atoms with Gasteiger partial charge in [-0.15, -0.1) is 0 Å². The molecule has 4 unspecified atom stereocenters. The van der Waals surface area contributed by atoms with Crippen molar-refractivity contribution in [2.75, 3.05) is 0 Å². The van der Waals surface area contributed by atoms with E-state index in [1.54, 1.807) is 6.20 Å². The summed E-state index contributed by atoms with van der Waals surface area (Å²) in [5, 5.41) is 6.57. The molecule has 0 radical (unpaired) electrons. The number of hydrogen-bond acceptors (Lipinski definition) is 4. The average molecular weight is 339 g/mol. The van der Waals surface area contributed by atoms with Crippen molar-refractivity contribution in [1.29, 1.82) is 0 Å². The van der Waals surface area contributed by atoms with Crippen LogP contribution in [-0.2, 0) is 4.79 Å². The number of rotatable bonds is 4. The molecule has 0 spiro atoms. The van der Waals surface area contributed by atoms with Gasteiger partial charge in [0.25, 0.3) is 0 Å². The molecule has 1 saturated heterocycles. The van der Waals surface area contributed by atoms with Gasteiger partial charge < -0.3 is 15.1 Å². The number of carbonyl (C=O) groups is 1. The standard InChI is InChI=1S/C20H25N3O2/c1-13(20-21-12-18(25-20)14-7-3-2-4-8-14)22-19(24)17-11-15-9-5-6-10-16(15)23-17/h2-4,7-8,12-13,15-17,23H,5-6,9-11H2,1H3,(H,22,24). The molecule has 1 aliphatic heterocycles. The van der Waals surface area contributed by atoms with E-state index in [9.17, 15) is 4.79 Å². The van der Waals surface area contributed by atoms with Crippen LogP contribution in [0.15, 0.2) is 40.9 Å². The highest BCUT2D eigenvalue weighted by Crippen LogP contribution is 2.33. The fourth-order valence-corrected chi connectivity index (χ4v) is 4.12. The smallest absolute Gasteiger partial charge is 0.237 e. The highest BCUT2D eigenvalue weighted by molar-refractivity contribution is 5.82. The van der Waals surface area contributed by atoms with Gasteiger partial charge in [-0.05, 0) is 32.1 Å². The third-order valence-corrected chi connectivity index (χ3v) is 5.49. The molecule has 132 valence electrons. The second-order valence-electron chi connectivity index (χ2n) is 7.27. The summed E-state index contributed by atoms with van der Waals surface area (Å²) in [5.41, 5.74) is 0.987. The predicted octanol–water partition coefficient (Wildman–Crippen LogP) is 3.44. The van der Waals surface area contributed by atoms with Crippen LogP contribution >= 0.6 is 0 Å². The topological polar surface area (TPSA) is 67.2 Å². The maximum Gasteiger partial charge on any atom is 0.237 e. The fraction of sp³-hybridized carbons (Fsp3) is 0.500. The minimum absolute atomic E-state index is 0.0568. The van der Waals surface area contributed by atoms with Gasteiger partial charge >= 0.3 is 0 Å². The monoisotopic (exact) mass is 339 g/mol. The van der Waals surface area contributed by atoms with Crippen molar-refractivity contribution < 1.29 is 9.21 Å². The molecule has 0 bridgehead atoms. The Balaban J connectivity index is 1.38. The second-order valence-corrected chi connectivity index (χ2v) is 7.27. The largest absolute Gasteiger partial charge is 0.438 e. The molecule has 25 heavy (non-hydrogen) atoms. The summed E-state index contributed by atoms with van der Waals surface area (Å²) >= 11 is 0. The molecule has 2 N–H and O–H groups in total. The first-order chi connectivity index (χ1) is 12.2. The van der Waals surface area contributed by atoms with Crippen LogP contribution in [0.2, 0.25) is 0 Å². The van der Waals surface area contributed by atoms with E-state index >= 15 is 0 Å². The normalized spacial score (nSPS) is 26.8. The van der Waals surface area contributed by atoms with Crippen LogP contribution in [0.1, 0.15) is 51.0 Å². The zero-order chi connectivity index (χ0) is 17.2. The van der Waals surface area contributed by atoms with Gasteiger partial charge in [-0.3, -0.25) is 4.79 Å². The Labute approximate surface area is 148 Å². The van der Waals surface area contributed by atoms with E-state index in [1.807, 2.05) is 37.3 Å². The van der Waals surface area contributed by atoms with Gasteiger partial charge in [0.2, 0.25) is 11.8 Å². The zero-order valence-electron chi connectivity index (χ0n) is 14.6. The average Bonchev–Trinajstić information content (AvgIpc) is 3.29. The summed E-state index contributed by atoms with van der Waals surface area (Å²) < 4.78 is 5.84. The lowest BCUT2D eigenvalue weighted by atomic mass is 9.85. The van der Waals surface area contributed by atoms with E-state index in [1.165, 1.54) is 25.7 Å². The second kappa shape index (κ2) is 7.00. The lowest BCUT2D eigenvalue weighted by Gasteiger charge is -2.24. The fourth-order valence-electron chi connectivity index (χ4n) is 4.12. The van der Waals surface area contributed by atoms with Crippen LogP contribution in [0.4, 0.5) is 0 Å². The van der Waals surface area contributed by atoms with Crippen LogP contribution < -0.4 is 10.6 Å². The summed E-state index contributed by atoms with van der Waals surface area (Å²) in [5.74, 6) is 1.98. The van der Waals surface area contributed by atoms with Crippen molar-refractivity contribution in [3.8, 4) is 11.3 Å². The molecule has 1 aliphatic carbocycles. The summed E-state index contributed by atoms with van der Waals surface area (Å²) in [6.45, 7) is 1.92. The predicted molar refractivity (Wildman–Crippen MR) is 95.8 cm³/mol. The Hall–Kier alpha value is -2.14. The Morgan fingerprint density at radius 2 is 2.08 bits per heavy atom. The Bertz CT molecular complexity index is 714. The minimum Gasteiger partial charge on any atom is -0.438 e. The minimum atomic E-state index is -0.241. The maximum atomic E-state index is 12.6. The van der Waals surface area contributed by atoms with E-state index < -0.39 is 0 Å². The lowest BCUT2D eigenvalue weighted by Crippen LogP contribution is -2.43. The zero-order valence-corrected chi connectivity index (χ0v) is 14.6. The number of amides is 1. The first-order valence-corrected chi connectivity index (χ1v) is 9.28. The lowest BCUT2D eigenvalue weighted by molar-refractivity contribution is -0.123. The molecule has 2 fully saturated rings. The molecule has 4 atom stereocenters. The molecule has 2 aliphatic rings. The van der Waals surface area contributed by atoms with Gasteiger partial charge in [-0.2, -0.15) is 0 Å². The number of oxazole rings is 1. The van der Waals surface area contributed by atoms with Gasteiger partial charge in [-0.1, -0.05) is 43.2 Å². The van der Waals surface area contributed by atoms with Gasteiger partial charge in [0.15, 0.2) is 5.76 Å². The molecule has 1 aromatic carbocycles. The third-order valence-electron chi connectivity index (χ3n) is 5.49. The van der Waals surface area contributed by atoms with E-state index in [4.69, 9.17) is 4.42 Å². The molecule has 5 nitrogen and oxygen atoms in total. The third kappa shape index (κ3) is 3.47. The van der Waals surface area contributed by atoms with Gasteiger partial charge in [0.1, 0.15) is 6.04 Å². The quantitative estimate of drug-likeness (QED) is 0.895. The molecular formula is C20H25N3O2. The molecule has 4 rings (SSSR count). The summed E-state index contributed by atoms with van der Waals surface area (Å²) in [6.07, 6.45) is 7.69. The van der Waals surface area contributed by atoms with E-state index in [-0.39, 0.29) is 18.0 Å². The number of nitrogens with one attached hydrogen (secondary N) is 2. The van der Waals surface area contributed by atoms with Crippen LogP contribution in [0, 0.1) is 5.92 Å². The number of aromatic nitrogens is 1. The van der Waals surface area contributed by atoms with E-state index in [0.29, 0.717) is 17.9 Å². The SMILES string of the molecule is CC(NC(=O)C1CC2CCCCC2N1)c1ncc(-c2ccccc2)o1. The van der Waals surface area contributed by atoms with Crippen LogP contribution in [-0.4, -0.2) is 23.0 Å². The summed E-state index contributed by atoms with van der Waals surface area (Å²) in [7, 11) is 0. The van der Waals surface area contributed by atoms with Crippen molar-refractivity contribution in [2.24, 2.45) is 5.92 Å². The van der Waals surface area contributed by atoms with Crippen molar-refractivity contribution >= 4 is 5.91 Å². The number of nitrogens with zero attached hydrogens (tertiary/aromatic N) is 1. The molecular weight excluding hydrogens is 314 g/mol. The van der Waals surface area contributed by atoms with Crippen molar-refractivity contribution in [3.05, 3.63) is 42.4 Å². The van der Waals surface area contributed by atoms with Gasteiger partial charge in [0, 0.05) is 11.6 Å². The first kappa shape index (κ1) is 16.3. The highest BCUT2D eigenvalue weighted by atomic mass is 16.4. The Morgan fingerprint density at radius 1 is 1.28 bits per heavy atom. The summed E-state index contributed by atoms with van der Waals surface area (Å²) in [6, 6.07) is 10.1. The molecule has 1 saturated carbocycles. The van der Waals surface area contributed by atoms with Crippen LogP contribution in [0.3, 0.4) is 0 Å². The first-order valence-electron chi connectivity index (χ1n) is 9.28. The number of benzene rings is 1. The van der Waals surface area contributed by atoms with Crippen molar-refractivity contribution in [1.82, 2.24) is 15.6 Å². The number of hydrogen-bond donors (Lipinski definition) is 2. The molecule has 1 aromatic heterocycles. The number of fused-ring (bicyclic) bond motifs is 1. The molecule has 2 heterocycles. The number of carbonyl (C=O) groups excluding carboxylic acids is 1. The van der Waals surface area contributed by atoms with Crippen LogP contribution in [0.25, 0.3) is 11.3 Å². The van der Waals surface area contributed by atoms with Gasteiger partial charge in [-0.25, -0.2) is 4.98 Å². The molecule has 5 heteroatoms. The Morgan fingerprint density at radius 3 is 2.88 bits per heavy atom. The molecule has 1 amide bonds. The maximum absolute atomic E-state index is 12.6. The van der Waals surface area contributed by atoms with E-state index in [0.717, 1.165) is 17.7 Å². The highest BCUT2D eigenvalue weighted by Gasteiger charge is 2.38. The van der Waals surface area contributed by atoms with Crippen LogP contribution in [0.5, 0.6) is 0 Å². The molecule has 2 aromatic rings. The Kier molecular flexibility index (Phi) is 4.57. The van der Waals surface area contributed by atoms with Gasteiger partial charge in [0.05, 0.1) is 12.2 Å².